The number of carbonyl (C=O) groups is 1. The largest absolute Gasteiger partial charge is 0.333 e. The van der Waals surface area contributed by atoms with E-state index in [9.17, 15) is 4.79 Å². The molecule has 0 spiro atoms. The summed E-state index contributed by atoms with van der Waals surface area (Å²) in [5.74, 6) is 0.695. The van der Waals surface area contributed by atoms with E-state index in [0.29, 0.717) is 5.92 Å². The first-order valence-corrected chi connectivity index (χ1v) is 8.28. The predicted molar refractivity (Wildman–Crippen MR) is 89.2 cm³/mol. The third-order valence-electron chi connectivity index (χ3n) is 5.54. The van der Waals surface area contributed by atoms with Crippen LogP contribution in [0.3, 0.4) is 0 Å². The van der Waals surface area contributed by atoms with E-state index in [1.54, 1.807) is 12.5 Å². The SMILES string of the molecule is C[C@]12CC[C@H]1CCN2C(=O)Nc1cccc(Cn2ccnc2)c1. The number of likely N-dealkylation sites (tertiary alicyclic amines) is 1. The van der Waals surface area contributed by atoms with Crippen LogP contribution < -0.4 is 5.32 Å². The third-order valence-corrected chi connectivity index (χ3v) is 5.54. The highest BCUT2D eigenvalue weighted by atomic mass is 16.2. The van der Waals surface area contributed by atoms with Gasteiger partial charge in [0.15, 0.2) is 0 Å². The van der Waals surface area contributed by atoms with Gasteiger partial charge in [-0.15, -0.1) is 0 Å². The molecule has 4 rings (SSSR count). The summed E-state index contributed by atoms with van der Waals surface area (Å²) in [4.78, 5) is 18.7. The van der Waals surface area contributed by atoms with Crippen LogP contribution in [0.15, 0.2) is 43.0 Å². The molecule has 2 aromatic rings. The fourth-order valence-corrected chi connectivity index (χ4v) is 3.98. The Balaban J connectivity index is 1.45. The average Bonchev–Trinajstić information content (AvgIpc) is 3.10. The molecule has 1 aromatic heterocycles. The highest BCUT2D eigenvalue weighted by Gasteiger charge is 2.53. The first kappa shape index (κ1) is 14.3. The number of fused-ring (bicyclic) bond motifs is 1. The van der Waals surface area contributed by atoms with E-state index in [4.69, 9.17) is 0 Å². The van der Waals surface area contributed by atoms with Crippen molar-refractivity contribution in [2.75, 3.05) is 11.9 Å². The average molecular weight is 310 g/mol. The van der Waals surface area contributed by atoms with Crippen molar-refractivity contribution in [2.24, 2.45) is 5.92 Å². The molecule has 1 aromatic carbocycles. The minimum absolute atomic E-state index is 0.0366. The number of hydrogen-bond donors (Lipinski definition) is 1. The highest BCUT2D eigenvalue weighted by Crippen LogP contribution is 2.49. The third kappa shape index (κ3) is 2.50. The van der Waals surface area contributed by atoms with Gasteiger partial charge < -0.3 is 14.8 Å². The molecule has 23 heavy (non-hydrogen) atoms. The van der Waals surface area contributed by atoms with Gasteiger partial charge in [0.1, 0.15) is 0 Å². The maximum absolute atomic E-state index is 12.6. The molecule has 2 amide bonds. The van der Waals surface area contributed by atoms with Crippen LogP contribution in [0.4, 0.5) is 10.5 Å². The molecule has 1 aliphatic carbocycles. The summed E-state index contributed by atoms with van der Waals surface area (Å²) in [6.07, 6.45) is 9.05. The van der Waals surface area contributed by atoms with E-state index in [1.165, 1.54) is 6.42 Å². The number of amides is 2. The normalized spacial score (nSPS) is 25.8. The molecule has 1 aliphatic heterocycles. The van der Waals surface area contributed by atoms with Crippen LogP contribution in [0.5, 0.6) is 0 Å². The van der Waals surface area contributed by atoms with Crippen LogP contribution in [0.2, 0.25) is 0 Å². The number of aromatic nitrogens is 2. The van der Waals surface area contributed by atoms with Crippen molar-refractivity contribution in [3.05, 3.63) is 48.5 Å². The second-order valence-electron chi connectivity index (χ2n) is 6.90. The number of rotatable bonds is 3. The van der Waals surface area contributed by atoms with Crippen LogP contribution in [0.1, 0.15) is 31.7 Å². The van der Waals surface area contributed by atoms with Crippen LogP contribution >= 0.6 is 0 Å². The van der Waals surface area contributed by atoms with E-state index < -0.39 is 0 Å². The zero-order valence-corrected chi connectivity index (χ0v) is 13.4. The number of anilines is 1. The Labute approximate surface area is 136 Å². The van der Waals surface area contributed by atoms with Crippen LogP contribution in [-0.4, -0.2) is 32.6 Å². The number of nitrogens with zero attached hydrogens (tertiary/aromatic N) is 3. The minimum atomic E-state index is 0.0366. The molecule has 1 saturated carbocycles. The Bertz CT molecular complexity index is 712. The molecule has 5 nitrogen and oxygen atoms in total. The second kappa shape index (κ2) is 5.41. The Morgan fingerprint density at radius 1 is 1.43 bits per heavy atom. The summed E-state index contributed by atoms with van der Waals surface area (Å²) in [5.41, 5.74) is 2.09. The summed E-state index contributed by atoms with van der Waals surface area (Å²) >= 11 is 0. The molecule has 0 unspecified atom stereocenters. The van der Waals surface area contributed by atoms with Crippen LogP contribution in [-0.2, 0) is 6.54 Å². The van der Waals surface area contributed by atoms with Gasteiger partial charge in [-0.3, -0.25) is 0 Å². The molecule has 2 atom stereocenters. The number of urea groups is 1. The van der Waals surface area contributed by atoms with Gasteiger partial charge in [-0.1, -0.05) is 12.1 Å². The fraction of sp³-hybridized carbons (Fsp3) is 0.444. The summed E-state index contributed by atoms with van der Waals surface area (Å²) in [5, 5.41) is 3.08. The van der Waals surface area contributed by atoms with E-state index in [1.807, 2.05) is 33.9 Å². The topological polar surface area (TPSA) is 50.2 Å². The summed E-state index contributed by atoms with van der Waals surface area (Å²) in [6.45, 7) is 3.86. The molecule has 120 valence electrons. The summed E-state index contributed by atoms with van der Waals surface area (Å²) < 4.78 is 2.02. The second-order valence-corrected chi connectivity index (χ2v) is 6.90. The lowest BCUT2D eigenvalue weighted by molar-refractivity contribution is 0.0656. The van der Waals surface area contributed by atoms with Crippen molar-refractivity contribution in [1.29, 1.82) is 0 Å². The number of benzene rings is 1. The van der Waals surface area contributed by atoms with Gasteiger partial charge in [-0.05, 0) is 49.8 Å². The van der Waals surface area contributed by atoms with Gasteiger partial charge in [0.2, 0.25) is 0 Å². The molecule has 1 saturated heterocycles. The van der Waals surface area contributed by atoms with Crippen molar-refractivity contribution in [3.8, 4) is 0 Å². The molecule has 1 N–H and O–H groups in total. The molecule has 2 fully saturated rings. The van der Waals surface area contributed by atoms with Crippen molar-refractivity contribution < 1.29 is 4.79 Å². The molecule has 2 aliphatic rings. The number of nitrogens with one attached hydrogen (secondary N) is 1. The zero-order valence-electron chi connectivity index (χ0n) is 13.4. The summed E-state index contributed by atoms with van der Waals surface area (Å²) in [7, 11) is 0. The van der Waals surface area contributed by atoms with E-state index in [0.717, 1.165) is 37.2 Å². The standard InChI is InChI=1S/C18H22N4O/c1-18-7-5-15(18)6-9-22(18)17(23)20-16-4-2-3-14(11-16)12-21-10-8-19-13-21/h2-4,8,10-11,13,15H,5-7,9,12H2,1H3,(H,20,23)/t15-,18-/m0/s1. The first-order chi connectivity index (χ1) is 11.1. The van der Waals surface area contributed by atoms with Crippen molar-refractivity contribution in [2.45, 2.75) is 38.3 Å². The fourth-order valence-electron chi connectivity index (χ4n) is 3.98. The quantitative estimate of drug-likeness (QED) is 0.945. The smallest absolute Gasteiger partial charge is 0.322 e. The number of hydrogen-bond acceptors (Lipinski definition) is 2. The van der Waals surface area contributed by atoms with Gasteiger partial charge in [0, 0.05) is 36.7 Å². The monoisotopic (exact) mass is 310 g/mol. The van der Waals surface area contributed by atoms with Gasteiger partial charge >= 0.3 is 6.03 Å². The Kier molecular flexibility index (Phi) is 3.36. The molecule has 0 radical (unpaired) electrons. The van der Waals surface area contributed by atoms with Gasteiger partial charge in [0.05, 0.1) is 6.33 Å². The number of imidazole rings is 1. The predicted octanol–water partition coefficient (Wildman–Crippen LogP) is 3.34. The van der Waals surface area contributed by atoms with Crippen molar-refractivity contribution in [1.82, 2.24) is 14.5 Å². The molecule has 2 heterocycles. The van der Waals surface area contributed by atoms with Gasteiger partial charge in [-0.2, -0.15) is 0 Å². The summed E-state index contributed by atoms with van der Waals surface area (Å²) in [6, 6.07) is 8.07. The van der Waals surface area contributed by atoms with Gasteiger partial charge in [0.25, 0.3) is 0 Å². The number of carbonyl (C=O) groups excluding carboxylic acids is 1. The Morgan fingerprint density at radius 3 is 3.04 bits per heavy atom. The lowest BCUT2D eigenvalue weighted by atomic mass is 9.69. The van der Waals surface area contributed by atoms with Gasteiger partial charge in [-0.25, -0.2) is 9.78 Å². The van der Waals surface area contributed by atoms with E-state index >= 15 is 0 Å². The molecule has 0 bridgehead atoms. The van der Waals surface area contributed by atoms with E-state index in [-0.39, 0.29) is 11.6 Å². The highest BCUT2D eigenvalue weighted by molar-refractivity contribution is 5.90. The first-order valence-electron chi connectivity index (χ1n) is 8.28. The van der Waals surface area contributed by atoms with E-state index in [2.05, 4.69) is 23.3 Å². The molecule has 5 heteroatoms. The zero-order chi connectivity index (χ0) is 15.9. The molecular weight excluding hydrogens is 288 g/mol. The van der Waals surface area contributed by atoms with Crippen molar-refractivity contribution >= 4 is 11.7 Å². The minimum Gasteiger partial charge on any atom is -0.333 e. The van der Waals surface area contributed by atoms with Crippen molar-refractivity contribution in [3.63, 3.8) is 0 Å². The lowest BCUT2D eigenvalue weighted by Gasteiger charge is -2.47. The molecular formula is C18H22N4O. The lowest BCUT2D eigenvalue weighted by Crippen LogP contribution is -2.55. The maximum Gasteiger partial charge on any atom is 0.322 e. The van der Waals surface area contributed by atoms with Crippen LogP contribution in [0.25, 0.3) is 0 Å². The maximum atomic E-state index is 12.6. The van der Waals surface area contributed by atoms with Crippen LogP contribution in [0, 0.1) is 5.92 Å². The Hall–Kier alpha value is -2.30. The Morgan fingerprint density at radius 2 is 2.35 bits per heavy atom.